The zero-order valence-corrected chi connectivity index (χ0v) is 16.3. The predicted octanol–water partition coefficient (Wildman–Crippen LogP) is 2.86. The highest BCUT2D eigenvalue weighted by Gasteiger charge is 2.45. The molecule has 1 heterocycles. The third-order valence-corrected chi connectivity index (χ3v) is 4.84. The molecule has 0 aromatic heterocycles. The van der Waals surface area contributed by atoms with Crippen LogP contribution in [0.1, 0.15) is 23.6 Å². The number of hydrogen-bond donors (Lipinski definition) is 2. The molecule has 0 radical (unpaired) electrons. The monoisotopic (exact) mass is 397 g/mol. The van der Waals surface area contributed by atoms with Gasteiger partial charge in [0, 0.05) is 25.8 Å². The molecule has 3 rings (SSSR count). The van der Waals surface area contributed by atoms with Crippen LogP contribution in [0.3, 0.4) is 0 Å². The van der Waals surface area contributed by atoms with Crippen molar-refractivity contribution in [1.29, 1.82) is 0 Å². The summed E-state index contributed by atoms with van der Waals surface area (Å²) in [6.07, 6.45) is 0.539. The van der Waals surface area contributed by atoms with E-state index in [9.17, 15) is 19.8 Å². The fourth-order valence-corrected chi connectivity index (χ4v) is 3.42. The maximum Gasteiger partial charge on any atom is 0.295 e. The van der Waals surface area contributed by atoms with Gasteiger partial charge in [-0.1, -0.05) is 24.3 Å². The number of ether oxygens (including phenoxy) is 2. The van der Waals surface area contributed by atoms with Gasteiger partial charge in [0.25, 0.3) is 11.7 Å². The van der Waals surface area contributed by atoms with Gasteiger partial charge in [0.05, 0.1) is 18.7 Å². The fourth-order valence-electron chi connectivity index (χ4n) is 3.42. The van der Waals surface area contributed by atoms with E-state index < -0.39 is 17.7 Å². The van der Waals surface area contributed by atoms with Crippen molar-refractivity contribution in [3.05, 3.63) is 65.2 Å². The second-order valence-electron chi connectivity index (χ2n) is 6.66. The molecule has 0 bridgehead atoms. The number of aromatic hydroxyl groups is 1. The molecule has 0 spiro atoms. The molecule has 2 aromatic carbocycles. The summed E-state index contributed by atoms with van der Waals surface area (Å²) in [5, 5.41) is 20.6. The van der Waals surface area contributed by atoms with Gasteiger partial charge in [-0.15, -0.1) is 0 Å². The van der Waals surface area contributed by atoms with Crippen LogP contribution in [-0.4, -0.2) is 54.2 Å². The summed E-state index contributed by atoms with van der Waals surface area (Å²) in [6, 6.07) is 12.1. The van der Waals surface area contributed by atoms with Crippen LogP contribution in [0.15, 0.2) is 54.1 Å². The smallest absolute Gasteiger partial charge is 0.295 e. The van der Waals surface area contributed by atoms with Crippen LogP contribution >= 0.6 is 0 Å². The minimum Gasteiger partial charge on any atom is -0.508 e. The molecule has 152 valence electrons. The number of hydrogen-bond acceptors (Lipinski definition) is 6. The van der Waals surface area contributed by atoms with Gasteiger partial charge in [-0.2, -0.15) is 0 Å². The maximum absolute atomic E-state index is 12.8. The lowest BCUT2D eigenvalue weighted by molar-refractivity contribution is -0.140. The first-order chi connectivity index (χ1) is 14.0. The highest BCUT2D eigenvalue weighted by Crippen LogP contribution is 2.40. The Hall–Kier alpha value is -3.32. The van der Waals surface area contributed by atoms with Crippen LogP contribution in [0, 0.1) is 0 Å². The molecule has 7 nitrogen and oxygen atoms in total. The molecule has 1 amide bonds. The van der Waals surface area contributed by atoms with Crippen LogP contribution in [0.2, 0.25) is 0 Å². The number of aliphatic hydroxyl groups excluding tert-OH is 1. The SMILES string of the molecule is COCCCN1C(=O)C(=O)C(=C(O)c2cccc(OC)c2)[C@@H]1c1ccc(O)cc1. The van der Waals surface area contributed by atoms with Crippen LogP contribution in [0.4, 0.5) is 0 Å². The van der Waals surface area contributed by atoms with Crippen molar-refractivity contribution < 1.29 is 29.3 Å². The number of methoxy groups -OCH3 is 2. The molecule has 7 heteroatoms. The van der Waals surface area contributed by atoms with E-state index in [1.54, 1.807) is 43.5 Å². The van der Waals surface area contributed by atoms with E-state index in [0.717, 1.165) is 0 Å². The minimum absolute atomic E-state index is 0.00589. The van der Waals surface area contributed by atoms with Gasteiger partial charge >= 0.3 is 0 Å². The van der Waals surface area contributed by atoms with E-state index in [0.29, 0.717) is 36.4 Å². The largest absolute Gasteiger partial charge is 0.508 e. The Morgan fingerprint density at radius 1 is 1.10 bits per heavy atom. The standard InChI is InChI=1S/C22H23NO6/c1-28-12-4-11-23-19(14-7-9-16(24)10-8-14)18(21(26)22(23)27)20(25)15-5-3-6-17(13-15)29-2/h3,5-10,13,19,24-25H,4,11-12H2,1-2H3/t19-/m0/s1. The van der Waals surface area contributed by atoms with Gasteiger partial charge in [0.15, 0.2) is 0 Å². The van der Waals surface area contributed by atoms with E-state index >= 15 is 0 Å². The van der Waals surface area contributed by atoms with Crippen LogP contribution in [0.25, 0.3) is 5.76 Å². The number of ketones is 1. The molecule has 1 fully saturated rings. The number of amides is 1. The van der Waals surface area contributed by atoms with Crippen molar-refractivity contribution >= 4 is 17.4 Å². The summed E-state index contributed by atoms with van der Waals surface area (Å²) in [7, 11) is 3.07. The fraction of sp³-hybridized carbons (Fsp3) is 0.273. The quantitative estimate of drug-likeness (QED) is 0.323. The van der Waals surface area contributed by atoms with Crippen molar-refractivity contribution in [1.82, 2.24) is 4.90 Å². The topological polar surface area (TPSA) is 96.3 Å². The number of rotatable bonds is 7. The zero-order valence-electron chi connectivity index (χ0n) is 16.3. The highest BCUT2D eigenvalue weighted by molar-refractivity contribution is 6.46. The van der Waals surface area contributed by atoms with E-state index in [2.05, 4.69) is 0 Å². The van der Waals surface area contributed by atoms with Crippen molar-refractivity contribution in [2.45, 2.75) is 12.5 Å². The zero-order chi connectivity index (χ0) is 21.0. The molecule has 2 N–H and O–H groups in total. The lowest BCUT2D eigenvalue weighted by atomic mass is 9.95. The van der Waals surface area contributed by atoms with Crippen molar-refractivity contribution in [3.8, 4) is 11.5 Å². The number of aliphatic hydroxyl groups is 1. The molecular formula is C22H23NO6. The molecule has 0 aliphatic carbocycles. The second kappa shape index (κ2) is 8.79. The number of carbonyl (C=O) groups is 2. The molecular weight excluding hydrogens is 374 g/mol. The second-order valence-corrected chi connectivity index (χ2v) is 6.66. The summed E-state index contributed by atoms with van der Waals surface area (Å²) in [4.78, 5) is 27.0. The molecule has 29 heavy (non-hydrogen) atoms. The summed E-state index contributed by atoms with van der Waals surface area (Å²) < 4.78 is 10.2. The Bertz CT molecular complexity index is 935. The number of likely N-dealkylation sites (tertiary alicyclic amines) is 1. The molecule has 1 atom stereocenters. The van der Waals surface area contributed by atoms with E-state index in [-0.39, 0.29) is 17.1 Å². The van der Waals surface area contributed by atoms with E-state index in [1.165, 1.54) is 24.1 Å². The number of phenolic OH excluding ortho intramolecular Hbond substituents is 1. The normalized spacial score (nSPS) is 18.3. The molecule has 1 saturated heterocycles. The molecule has 1 aliphatic rings. The van der Waals surface area contributed by atoms with Crippen LogP contribution < -0.4 is 4.74 Å². The molecule has 0 unspecified atom stereocenters. The van der Waals surface area contributed by atoms with Crippen molar-refractivity contribution in [2.75, 3.05) is 27.4 Å². The van der Waals surface area contributed by atoms with Gasteiger partial charge in [-0.25, -0.2) is 0 Å². The summed E-state index contributed by atoms with van der Waals surface area (Å²) in [5.74, 6) is -1.11. The summed E-state index contributed by atoms with van der Waals surface area (Å²) in [6.45, 7) is 0.722. The first kappa shape index (κ1) is 20.4. The lowest BCUT2D eigenvalue weighted by Gasteiger charge is -2.25. The van der Waals surface area contributed by atoms with Gasteiger partial charge in [0.2, 0.25) is 0 Å². The Morgan fingerprint density at radius 3 is 2.48 bits per heavy atom. The Morgan fingerprint density at radius 2 is 1.83 bits per heavy atom. The average Bonchev–Trinajstić information content (AvgIpc) is 2.99. The van der Waals surface area contributed by atoms with Crippen molar-refractivity contribution in [3.63, 3.8) is 0 Å². The highest BCUT2D eigenvalue weighted by atomic mass is 16.5. The summed E-state index contributed by atoms with van der Waals surface area (Å²) in [5.41, 5.74) is 0.998. The number of benzene rings is 2. The number of nitrogens with zero attached hydrogens (tertiary/aromatic N) is 1. The summed E-state index contributed by atoms with van der Waals surface area (Å²) >= 11 is 0. The number of Topliss-reactive ketones (excluding diaryl/α,β-unsaturated/α-hetero) is 1. The van der Waals surface area contributed by atoms with Gasteiger partial charge in [-0.05, 0) is 36.2 Å². The van der Waals surface area contributed by atoms with Gasteiger partial charge in [0.1, 0.15) is 17.3 Å². The molecule has 1 aliphatic heterocycles. The van der Waals surface area contributed by atoms with Gasteiger partial charge < -0.3 is 24.6 Å². The van der Waals surface area contributed by atoms with E-state index in [1.807, 2.05) is 0 Å². The van der Waals surface area contributed by atoms with E-state index in [4.69, 9.17) is 9.47 Å². The van der Waals surface area contributed by atoms with Crippen molar-refractivity contribution in [2.24, 2.45) is 0 Å². The number of phenols is 1. The first-order valence-electron chi connectivity index (χ1n) is 9.18. The Labute approximate surface area is 168 Å². The average molecular weight is 397 g/mol. The Kier molecular flexibility index (Phi) is 6.19. The number of carbonyl (C=O) groups excluding carboxylic acids is 2. The third-order valence-electron chi connectivity index (χ3n) is 4.84. The third kappa shape index (κ3) is 4.09. The minimum atomic E-state index is -0.765. The molecule has 2 aromatic rings. The van der Waals surface area contributed by atoms with Gasteiger partial charge in [-0.3, -0.25) is 9.59 Å². The maximum atomic E-state index is 12.8. The lowest BCUT2D eigenvalue weighted by Crippen LogP contribution is -2.31. The van der Waals surface area contributed by atoms with Crippen LogP contribution in [-0.2, 0) is 14.3 Å². The molecule has 0 saturated carbocycles. The predicted molar refractivity (Wildman–Crippen MR) is 107 cm³/mol. The van der Waals surface area contributed by atoms with Crippen LogP contribution in [0.5, 0.6) is 11.5 Å². The Balaban J connectivity index is 2.12. The first-order valence-corrected chi connectivity index (χ1v) is 9.18.